The summed E-state index contributed by atoms with van der Waals surface area (Å²) >= 11 is 0. The number of hydrogen-bond acceptors (Lipinski definition) is 3. The van der Waals surface area contributed by atoms with Gasteiger partial charge in [0.05, 0.1) is 6.54 Å². The third-order valence-corrected chi connectivity index (χ3v) is 3.14. The summed E-state index contributed by atoms with van der Waals surface area (Å²) in [7, 11) is 3.44. The normalized spacial score (nSPS) is 12.5. The fourth-order valence-electron chi connectivity index (χ4n) is 1.97. The van der Waals surface area contributed by atoms with Crippen molar-refractivity contribution in [2.75, 3.05) is 33.7 Å². The molecule has 0 aromatic heterocycles. The Labute approximate surface area is 114 Å². The Morgan fingerprint density at radius 3 is 2.58 bits per heavy atom. The third-order valence-electron chi connectivity index (χ3n) is 3.14. The van der Waals surface area contributed by atoms with E-state index in [9.17, 15) is 9.18 Å². The summed E-state index contributed by atoms with van der Waals surface area (Å²) in [5.74, 6) is -0.275. The molecule has 4 nitrogen and oxygen atoms in total. The zero-order valence-electron chi connectivity index (χ0n) is 11.8. The van der Waals surface area contributed by atoms with Crippen LogP contribution in [0.2, 0.25) is 0 Å². The lowest BCUT2D eigenvalue weighted by atomic mass is 10.1. The van der Waals surface area contributed by atoms with Gasteiger partial charge in [0.1, 0.15) is 5.82 Å². The number of carbonyl (C=O) groups excluding carboxylic acids is 1. The second-order valence-corrected chi connectivity index (χ2v) is 4.66. The van der Waals surface area contributed by atoms with E-state index in [4.69, 9.17) is 5.73 Å². The van der Waals surface area contributed by atoms with Gasteiger partial charge in [-0.2, -0.15) is 0 Å². The van der Waals surface area contributed by atoms with Crippen LogP contribution in [-0.4, -0.2) is 49.4 Å². The Bertz CT molecular complexity index is 423. The first-order chi connectivity index (χ1) is 8.99. The number of nitrogens with two attached hydrogens (primary N) is 1. The van der Waals surface area contributed by atoms with Crippen molar-refractivity contribution in [1.82, 2.24) is 9.80 Å². The van der Waals surface area contributed by atoms with Gasteiger partial charge in [0.15, 0.2) is 0 Å². The fourth-order valence-corrected chi connectivity index (χ4v) is 1.97. The highest BCUT2D eigenvalue weighted by atomic mass is 19.1. The van der Waals surface area contributed by atoms with Crippen LogP contribution in [0, 0.1) is 5.82 Å². The van der Waals surface area contributed by atoms with Crippen molar-refractivity contribution in [2.45, 2.75) is 13.0 Å². The van der Waals surface area contributed by atoms with Gasteiger partial charge in [-0.3, -0.25) is 9.69 Å². The standard InChI is InChI=1S/C14H22FN3O/c1-4-18(10-14(19)17(2)3)13(9-16)11-6-5-7-12(15)8-11/h5-8,13H,4,9-10,16H2,1-3H3. The third kappa shape index (κ3) is 4.29. The first-order valence-corrected chi connectivity index (χ1v) is 6.39. The van der Waals surface area contributed by atoms with Crippen LogP contribution in [0.15, 0.2) is 24.3 Å². The molecule has 0 aliphatic heterocycles. The summed E-state index contributed by atoms with van der Waals surface area (Å²) in [6.07, 6.45) is 0. The quantitative estimate of drug-likeness (QED) is 0.843. The smallest absolute Gasteiger partial charge is 0.236 e. The van der Waals surface area contributed by atoms with Gasteiger partial charge in [-0.15, -0.1) is 0 Å². The SMILES string of the molecule is CCN(CC(=O)N(C)C)C(CN)c1cccc(F)c1. The average molecular weight is 267 g/mol. The molecule has 0 aliphatic carbocycles. The lowest BCUT2D eigenvalue weighted by molar-refractivity contribution is -0.130. The van der Waals surface area contributed by atoms with Gasteiger partial charge in [-0.1, -0.05) is 19.1 Å². The van der Waals surface area contributed by atoms with Crippen molar-refractivity contribution >= 4 is 5.91 Å². The monoisotopic (exact) mass is 267 g/mol. The van der Waals surface area contributed by atoms with Gasteiger partial charge in [-0.05, 0) is 24.2 Å². The molecule has 0 saturated carbocycles. The molecule has 1 aromatic rings. The topological polar surface area (TPSA) is 49.6 Å². The van der Waals surface area contributed by atoms with E-state index in [0.29, 0.717) is 13.1 Å². The van der Waals surface area contributed by atoms with Crippen LogP contribution in [0.25, 0.3) is 0 Å². The predicted octanol–water partition coefficient (Wildman–Crippen LogP) is 1.24. The van der Waals surface area contributed by atoms with Crippen LogP contribution in [-0.2, 0) is 4.79 Å². The van der Waals surface area contributed by atoms with Crippen molar-refractivity contribution in [1.29, 1.82) is 0 Å². The Balaban J connectivity index is 2.89. The van der Waals surface area contributed by atoms with E-state index in [-0.39, 0.29) is 24.3 Å². The highest BCUT2D eigenvalue weighted by molar-refractivity contribution is 5.77. The predicted molar refractivity (Wildman–Crippen MR) is 74.1 cm³/mol. The van der Waals surface area contributed by atoms with Crippen molar-refractivity contribution in [3.8, 4) is 0 Å². The maximum absolute atomic E-state index is 13.3. The van der Waals surface area contributed by atoms with Gasteiger partial charge in [0.2, 0.25) is 5.91 Å². The average Bonchev–Trinajstić information content (AvgIpc) is 2.38. The van der Waals surface area contributed by atoms with Crippen LogP contribution in [0.4, 0.5) is 4.39 Å². The molecule has 0 saturated heterocycles. The molecular weight excluding hydrogens is 245 g/mol. The number of halogens is 1. The Morgan fingerprint density at radius 2 is 2.11 bits per heavy atom. The second-order valence-electron chi connectivity index (χ2n) is 4.66. The van der Waals surface area contributed by atoms with Crippen LogP contribution in [0.5, 0.6) is 0 Å². The van der Waals surface area contributed by atoms with Crippen LogP contribution < -0.4 is 5.73 Å². The molecular formula is C14H22FN3O. The molecule has 19 heavy (non-hydrogen) atoms. The number of likely N-dealkylation sites (N-methyl/N-ethyl adjacent to an activating group) is 2. The van der Waals surface area contributed by atoms with Gasteiger partial charge < -0.3 is 10.6 Å². The molecule has 2 N–H and O–H groups in total. The van der Waals surface area contributed by atoms with Gasteiger partial charge in [-0.25, -0.2) is 4.39 Å². The Kier molecular flexibility index (Phi) is 5.92. The highest BCUT2D eigenvalue weighted by Crippen LogP contribution is 2.20. The molecule has 1 atom stereocenters. The van der Waals surface area contributed by atoms with Crippen LogP contribution in [0.1, 0.15) is 18.5 Å². The van der Waals surface area contributed by atoms with E-state index in [0.717, 1.165) is 5.56 Å². The van der Waals surface area contributed by atoms with Crippen molar-refractivity contribution in [3.63, 3.8) is 0 Å². The molecule has 0 spiro atoms. The number of hydrogen-bond donors (Lipinski definition) is 1. The molecule has 0 aliphatic rings. The number of rotatable bonds is 6. The Hall–Kier alpha value is -1.46. The lowest BCUT2D eigenvalue weighted by Gasteiger charge is -2.30. The summed E-state index contributed by atoms with van der Waals surface area (Å²) in [6, 6.07) is 6.22. The molecule has 106 valence electrons. The van der Waals surface area contributed by atoms with E-state index in [1.54, 1.807) is 25.1 Å². The van der Waals surface area contributed by atoms with Crippen molar-refractivity contribution in [3.05, 3.63) is 35.6 Å². The number of amides is 1. The highest BCUT2D eigenvalue weighted by Gasteiger charge is 2.21. The number of nitrogens with zero attached hydrogens (tertiary/aromatic N) is 2. The minimum absolute atomic E-state index is 0.0108. The zero-order valence-corrected chi connectivity index (χ0v) is 11.8. The van der Waals surface area contributed by atoms with E-state index in [1.165, 1.54) is 12.1 Å². The number of carbonyl (C=O) groups is 1. The van der Waals surface area contributed by atoms with E-state index in [1.807, 2.05) is 17.9 Å². The molecule has 0 fully saturated rings. The van der Waals surface area contributed by atoms with Gasteiger partial charge in [0, 0.05) is 26.7 Å². The lowest BCUT2D eigenvalue weighted by Crippen LogP contribution is -2.41. The first-order valence-electron chi connectivity index (χ1n) is 6.39. The molecule has 1 unspecified atom stereocenters. The fraction of sp³-hybridized carbons (Fsp3) is 0.500. The summed E-state index contributed by atoms with van der Waals surface area (Å²) in [4.78, 5) is 15.3. The van der Waals surface area contributed by atoms with Crippen molar-refractivity contribution < 1.29 is 9.18 Å². The largest absolute Gasteiger partial charge is 0.348 e. The zero-order chi connectivity index (χ0) is 14.4. The molecule has 1 aromatic carbocycles. The minimum atomic E-state index is -0.286. The maximum atomic E-state index is 13.3. The van der Waals surface area contributed by atoms with Crippen LogP contribution in [0.3, 0.4) is 0 Å². The van der Waals surface area contributed by atoms with E-state index < -0.39 is 0 Å². The van der Waals surface area contributed by atoms with Crippen molar-refractivity contribution in [2.24, 2.45) is 5.73 Å². The molecule has 0 radical (unpaired) electrons. The van der Waals surface area contributed by atoms with E-state index >= 15 is 0 Å². The summed E-state index contributed by atoms with van der Waals surface area (Å²) in [5.41, 5.74) is 6.60. The molecule has 1 amide bonds. The summed E-state index contributed by atoms with van der Waals surface area (Å²) in [5, 5.41) is 0. The molecule has 5 heteroatoms. The Morgan fingerprint density at radius 1 is 1.42 bits per heavy atom. The maximum Gasteiger partial charge on any atom is 0.236 e. The van der Waals surface area contributed by atoms with Crippen LogP contribution >= 0.6 is 0 Å². The first kappa shape index (κ1) is 15.6. The summed E-state index contributed by atoms with van der Waals surface area (Å²) in [6.45, 7) is 3.27. The second kappa shape index (κ2) is 7.21. The van der Waals surface area contributed by atoms with E-state index in [2.05, 4.69) is 0 Å². The molecule has 0 bridgehead atoms. The molecule has 0 heterocycles. The van der Waals surface area contributed by atoms with Gasteiger partial charge in [0.25, 0.3) is 0 Å². The minimum Gasteiger partial charge on any atom is -0.348 e. The summed E-state index contributed by atoms with van der Waals surface area (Å²) < 4.78 is 13.3. The number of benzene rings is 1. The van der Waals surface area contributed by atoms with Gasteiger partial charge >= 0.3 is 0 Å². The molecule has 1 rings (SSSR count).